The summed E-state index contributed by atoms with van der Waals surface area (Å²) < 4.78 is 3.18. The van der Waals surface area contributed by atoms with Gasteiger partial charge in [0, 0.05) is 24.3 Å². The van der Waals surface area contributed by atoms with Crippen LogP contribution in [0.1, 0.15) is 60.4 Å². The summed E-state index contributed by atoms with van der Waals surface area (Å²) in [4.78, 5) is 42.5. The van der Waals surface area contributed by atoms with Gasteiger partial charge in [0.05, 0.1) is 5.69 Å². The largest absolute Gasteiger partial charge is 0.383 e. The molecule has 174 valence electrons. The molecule has 9 heteroatoms. The summed E-state index contributed by atoms with van der Waals surface area (Å²) in [6.45, 7) is 6.37. The molecule has 0 fully saturated rings. The van der Waals surface area contributed by atoms with Gasteiger partial charge in [-0.3, -0.25) is 24.0 Å². The third-order valence-corrected chi connectivity index (χ3v) is 6.26. The number of carbonyl (C=O) groups excluding carboxylic acids is 1. The Hall–Kier alpha value is -3.62. The fourth-order valence-electron chi connectivity index (χ4n) is 4.52. The first kappa shape index (κ1) is 22.6. The van der Waals surface area contributed by atoms with Gasteiger partial charge in [-0.25, -0.2) is 9.48 Å². The number of aryl methyl sites for hydroxylation is 1. The predicted octanol–water partition coefficient (Wildman–Crippen LogP) is 2.57. The zero-order chi connectivity index (χ0) is 23.7. The van der Waals surface area contributed by atoms with E-state index in [1.165, 1.54) is 9.47 Å². The molecule has 1 amide bonds. The van der Waals surface area contributed by atoms with E-state index >= 15 is 0 Å². The van der Waals surface area contributed by atoms with E-state index in [0.717, 1.165) is 54.6 Å². The zero-order valence-electron chi connectivity index (χ0n) is 19.4. The number of carbonyl (C=O) groups is 1. The molecular formula is C24H30N6O3. The summed E-state index contributed by atoms with van der Waals surface area (Å²) in [5.74, 6) is -0.386. The Morgan fingerprint density at radius 2 is 1.97 bits per heavy atom. The number of amides is 1. The highest BCUT2D eigenvalue weighted by Crippen LogP contribution is 2.30. The number of hydrogen-bond acceptors (Lipinski definition) is 5. The van der Waals surface area contributed by atoms with Crippen LogP contribution in [0.15, 0.2) is 33.9 Å². The van der Waals surface area contributed by atoms with E-state index in [-0.39, 0.29) is 24.0 Å². The Morgan fingerprint density at radius 3 is 2.67 bits per heavy atom. The van der Waals surface area contributed by atoms with E-state index in [1.54, 1.807) is 6.92 Å². The first-order valence-corrected chi connectivity index (χ1v) is 11.5. The molecular weight excluding hydrogens is 420 g/mol. The van der Waals surface area contributed by atoms with Crippen molar-refractivity contribution < 1.29 is 4.79 Å². The quantitative estimate of drug-likeness (QED) is 0.573. The van der Waals surface area contributed by atoms with E-state index in [1.807, 2.05) is 42.8 Å². The van der Waals surface area contributed by atoms with Gasteiger partial charge in [0.2, 0.25) is 0 Å². The Bertz CT molecular complexity index is 1320. The average Bonchev–Trinajstić information content (AvgIpc) is 3.39. The predicted molar refractivity (Wildman–Crippen MR) is 128 cm³/mol. The summed E-state index contributed by atoms with van der Waals surface area (Å²) in [7, 11) is 0. The number of nitrogens with one attached hydrogen (secondary N) is 1. The molecule has 4 rings (SSSR count). The lowest BCUT2D eigenvalue weighted by Gasteiger charge is -2.22. The second-order valence-corrected chi connectivity index (χ2v) is 8.37. The van der Waals surface area contributed by atoms with Gasteiger partial charge >= 0.3 is 5.69 Å². The number of unbranched alkanes of at least 4 members (excludes halogenated alkanes) is 1. The van der Waals surface area contributed by atoms with Gasteiger partial charge in [0.1, 0.15) is 5.82 Å². The maximum atomic E-state index is 13.7. The number of rotatable bonds is 7. The molecule has 33 heavy (non-hydrogen) atoms. The standard InChI is InChI=1S/C24H30N6O3/c1-4-6-14-29-21(25)20(22(31)26-24(29)33)28(5-2)23(32)19-16-11-9-13-18(16)30(27-19)17-12-8-7-10-15(17)3/h7-8,10,12H,4-6,9,11,13-14,25H2,1-3H3,(H,26,31,33). The number of anilines is 2. The van der Waals surface area contributed by atoms with Crippen LogP contribution in [0, 0.1) is 6.92 Å². The number of para-hydroxylation sites is 1. The molecule has 0 unspecified atom stereocenters. The van der Waals surface area contributed by atoms with E-state index in [4.69, 9.17) is 10.8 Å². The van der Waals surface area contributed by atoms with Crippen LogP contribution in [-0.4, -0.2) is 31.8 Å². The minimum absolute atomic E-state index is 0.00221. The Morgan fingerprint density at radius 1 is 1.21 bits per heavy atom. The second-order valence-electron chi connectivity index (χ2n) is 8.37. The molecule has 0 atom stereocenters. The topological polar surface area (TPSA) is 119 Å². The molecule has 0 radical (unpaired) electrons. The fourth-order valence-corrected chi connectivity index (χ4v) is 4.52. The van der Waals surface area contributed by atoms with Crippen LogP contribution in [0.25, 0.3) is 5.69 Å². The van der Waals surface area contributed by atoms with Crippen LogP contribution in [0.5, 0.6) is 0 Å². The summed E-state index contributed by atoms with van der Waals surface area (Å²) in [5.41, 5.74) is 9.29. The zero-order valence-corrected chi connectivity index (χ0v) is 19.4. The lowest BCUT2D eigenvalue weighted by atomic mass is 10.1. The average molecular weight is 451 g/mol. The number of aromatic nitrogens is 4. The molecule has 0 bridgehead atoms. The third kappa shape index (κ3) is 3.88. The summed E-state index contributed by atoms with van der Waals surface area (Å²) in [6, 6.07) is 7.91. The van der Waals surface area contributed by atoms with Gasteiger partial charge in [0.25, 0.3) is 11.5 Å². The number of hydrogen-bond donors (Lipinski definition) is 2. The normalized spacial score (nSPS) is 12.7. The Balaban J connectivity index is 1.82. The van der Waals surface area contributed by atoms with Crippen molar-refractivity contribution in [2.24, 2.45) is 0 Å². The van der Waals surface area contributed by atoms with Crippen LogP contribution in [0.3, 0.4) is 0 Å². The number of H-pyrrole nitrogens is 1. The van der Waals surface area contributed by atoms with Gasteiger partial charge in [-0.1, -0.05) is 31.5 Å². The maximum absolute atomic E-state index is 13.7. The minimum Gasteiger partial charge on any atom is -0.383 e. The minimum atomic E-state index is -0.671. The first-order valence-electron chi connectivity index (χ1n) is 11.5. The van der Waals surface area contributed by atoms with E-state index in [2.05, 4.69) is 4.98 Å². The van der Waals surface area contributed by atoms with Crippen LogP contribution >= 0.6 is 0 Å². The van der Waals surface area contributed by atoms with Gasteiger partial charge in [-0.15, -0.1) is 0 Å². The summed E-state index contributed by atoms with van der Waals surface area (Å²) >= 11 is 0. The highest BCUT2D eigenvalue weighted by Gasteiger charge is 2.32. The van der Waals surface area contributed by atoms with E-state index < -0.39 is 11.2 Å². The maximum Gasteiger partial charge on any atom is 0.330 e. The van der Waals surface area contributed by atoms with Crippen molar-refractivity contribution >= 4 is 17.4 Å². The molecule has 1 aliphatic carbocycles. The second kappa shape index (κ2) is 9.09. The van der Waals surface area contributed by atoms with Gasteiger partial charge in [0.15, 0.2) is 11.4 Å². The monoisotopic (exact) mass is 450 g/mol. The first-order chi connectivity index (χ1) is 15.9. The molecule has 1 aromatic carbocycles. The van der Waals surface area contributed by atoms with E-state index in [9.17, 15) is 14.4 Å². The Labute approximate surface area is 191 Å². The SMILES string of the molecule is CCCCn1c(N)c(N(CC)C(=O)c2nn(-c3ccccc3C)c3c2CCC3)c(=O)[nH]c1=O. The smallest absolute Gasteiger partial charge is 0.330 e. The molecule has 0 saturated heterocycles. The van der Waals surface area contributed by atoms with Crippen molar-refractivity contribution in [3.63, 3.8) is 0 Å². The highest BCUT2D eigenvalue weighted by molar-refractivity contribution is 6.07. The van der Waals surface area contributed by atoms with Crippen LogP contribution in [-0.2, 0) is 19.4 Å². The van der Waals surface area contributed by atoms with Crippen molar-refractivity contribution in [3.05, 3.63) is 67.6 Å². The van der Waals surface area contributed by atoms with Crippen molar-refractivity contribution in [2.75, 3.05) is 17.2 Å². The number of aromatic amines is 1. The van der Waals surface area contributed by atoms with Crippen molar-refractivity contribution in [2.45, 2.75) is 59.4 Å². The number of benzene rings is 1. The van der Waals surface area contributed by atoms with Gasteiger partial charge in [-0.05, 0) is 51.2 Å². The molecule has 0 saturated carbocycles. The molecule has 0 aliphatic heterocycles. The number of nitrogens with zero attached hydrogens (tertiary/aromatic N) is 4. The Kier molecular flexibility index (Phi) is 6.22. The summed E-state index contributed by atoms with van der Waals surface area (Å²) in [6.07, 6.45) is 4.11. The molecule has 2 aromatic heterocycles. The number of nitrogens with two attached hydrogens (primary N) is 1. The van der Waals surface area contributed by atoms with Crippen LogP contribution < -0.4 is 21.9 Å². The van der Waals surface area contributed by atoms with Gasteiger partial charge < -0.3 is 5.73 Å². The van der Waals surface area contributed by atoms with Crippen molar-refractivity contribution in [1.82, 2.24) is 19.3 Å². The molecule has 3 aromatic rings. The molecule has 1 aliphatic rings. The lowest BCUT2D eigenvalue weighted by Crippen LogP contribution is -2.41. The molecule has 9 nitrogen and oxygen atoms in total. The van der Waals surface area contributed by atoms with Gasteiger partial charge in [-0.2, -0.15) is 5.10 Å². The molecule has 2 heterocycles. The molecule has 0 spiro atoms. The van der Waals surface area contributed by atoms with Crippen LogP contribution in [0.2, 0.25) is 0 Å². The fraction of sp³-hybridized carbons (Fsp3) is 0.417. The lowest BCUT2D eigenvalue weighted by molar-refractivity contribution is 0.0982. The highest BCUT2D eigenvalue weighted by atomic mass is 16.2. The number of nitrogen functional groups attached to an aromatic ring is 1. The molecule has 3 N–H and O–H groups in total. The summed E-state index contributed by atoms with van der Waals surface area (Å²) in [5, 5.41) is 4.71. The van der Waals surface area contributed by atoms with Crippen molar-refractivity contribution in [3.8, 4) is 5.69 Å². The van der Waals surface area contributed by atoms with Crippen molar-refractivity contribution in [1.29, 1.82) is 0 Å². The van der Waals surface area contributed by atoms with E-state index in [0.29, 0.717) is 12.2 Å². The number of fused-ring (bicyclic) bond motifs is 1. The van der Waals surface area contributed by atoms with Crippen LogP contribution in [0.4, 0.5) is 11.5 Å². The third-order valence-electron chi connectivity index (χ3n) is 6.26.